The van der Waals surface area contributed by atoms with E-state index in [4.69, 9.17) is 0 Å². The molecule has 130 valence electrons. The van der Waals surface area contributed by atoms with E-state index in [-0.39, 0.29) is 12.3 Å². The van der Waals surface area contributed by atoms with Crippen molar-refractivity contribution in [2.75, 3.05) is 0 Å². The van der Waals surface area contributed by atoms with Crippen LogP contribution in [-0.2, 0) is 9.63 Å². The first kappa shape index (κ1) is 17.4. The number of H-pyrrole nitrogens is 1. The van der Waals surface area contributed by atoms with Gasteiger partial charge in [-0.3, -0.25) is 9.59 Å². The van der Waals surface area contributed by atoms with E-state index in [0.717, 1.165) is 27.4 Å². The van der Waals surface area contributed by atoms with Gasteiger partial charge in [0.1, 0.15) is 0 Å². The number of hydrogen-bond donors (Lipinski definition) is 1. The third-order valence-electron chi connectivity index (χ3n) is 4.09. The highest BCUT2D eigenvalue weighted by molar-refractivity contribution is 6.14. The van der Waals surface area contributed by atoms with Gasteiger partial charge in [0.25, 0.3) is 0 Å². The molecule has 0 aliphatic heterocycles. The van der Waals surface area contributed by atoms with Gasteiger partial charge in [0.2, 0.25) is 0 Å². The standard InChI is InChI=1S/C21H18N2O3/c1-3-4-5-14(2)21(25)16-7-9-20-18(11-16)17-10-15(12-22-26-13-24)6-8-19(17)23-20/h3-13,23H,1-2H3/b4-3-,14-5+,22-12-. The molecule has 0 aliphatic rings. The lowest BCUT2D eigenvalue weighted by Gasteiger charge is -2.01. The summed E-state index contributed by atoms with van der Waals surface area (Å²) in [5, 5.41) is 5.48. The van der Waals surface area contributed by atoms with Gasteiger partial charge >= 0.3 is 6.47 Å². The molecule has 2 aromatic carbocycles. The maximum absolute atomic E-state index is 12.6. The number of allylic oxidation sites excluding steroid dienone is 4. The Bertz CT molecular complexity index is 1070. The predicted octanol–water partition coefficient (Wildman–Crippen LogP) is 4.53. The molecule has 0 atom stereocenters. The number of benzene rings is 2. The molecule has 3 rings (SSSR count). The zero-order valence-electron chi connectivity index (χ0n) is 14.5. The zero-order chi connectivity index (χ0) is 18.5. The highest BCUT2D eigenvalue weighted by Crippen LogP contribution is 2.27. The van der Waals surface area contributed by atoms with Crippen molar-refractivity contribution < 1.29 is 14.4 Å². The van der Waals surface area contributed by atoms with Crippen molar-refractivity contribution in [3.8, 4) is 0 Å². The van der Waals surface area contributed by atoms with Crippen molar-refractivity contribution >= 4 is 40.3 Å². The smallest absolute Gasteiger partial charge is 0.323 e. The first-order valence-corrected chi connectivity index (χ1v) is 8.16. The van der Waals surface area contributed by atoms with E-state index in [1.807, 2.05) is 68.5 Å². The maximum Gasteiger partial charge on any atom is 0.323 e. The van der Waals surface area contributed by atoms with E-state index in [1.165, 1.54) is 6.21 Å². The van der Waals surface area contributed by atoms with Crippen LogP contribution < -0.4 is 0 Å². The number of nitrogens with zero attached hydrogens (tertiary/aromatic N) is 1. The summed E-state index contributed by atoms with van der Waals surface area (Å²) in [7, 11) is 0. The van der Waals surface area contributed by atoms with Crippen LogP contribution in [0, 0.1) is 0 Å². The molecular formula is C21H18N2O3. The topological polar surface area (TPSA) is 71.5 Å². The number of aromatic amines is 1. The molecule has 1 aromatic heterocycles. The summed E-state index contributed by atoms with van der Waals surface area (Å²) in [6.07, 6.45) is 7.01. The number of Topliss-reactive ketones (excluding diaryl/α,β-unsaturated/α-hetero) is 1. The van der Waals surface area contributed by atoms with E-state index in [2.05, 4.69) is 15.0 Å². The van der Waals surface area contributed by atoms with Crippen molar-refractivity contribution in [1.29, 1.82) is 0 Å². The first-order valence-electron chi connectivity index (χ1n) is 8.16. The van der Waals surface area contributed by atoms with Gasteiger partial charge in [0.05, 0.1) is 6.21 Å². The number of carbonyl (C=O) groups is 2. The Morgan fingerprint density at radius 2 is 1.85 bits per heavy atom. The monoisotopic (exact) mass is 346 g/mol. The Morgan fingerprint density at radius 1 is 1.12 bits per heavy atom. The highest BCUT2D eigenvalue weighted by Gasteiger charge is 2.11. The second kappa shape index (κ2) is 7.61. The van der Waals surface area contributed by atoms with Crippen molar-refractivity contribution in [2.45, 2.75) is 13.8 Å². The average molecular weight is 346 g/mol. The first-order chi connectivity index (χ1) is 12.6. The molecule has 1 N–H and O–H groups in total. The number of aromatic nitrogens is 1. The van der Waals surface area contributed by atoms with Gasteiger partial charge in [0.15, 0.2) is 5.78 Å². The molecule has 0 saturated heterocycles. The minimum Gasteiger partial charge on any atom is -0.355 e. The van der Waals surface area contributed by atoms with Gasteiger partial charge in [-0.2, -0.15) is 0 Å². The summed E-state index contributed by atoms with van der Waals surface area (Å²) in [6.45, 7) is 3.98. The average Bonchev–Trinajstić information content (AvgIpc) is 3.03. The van der Waals surface area contributed by atoms with E-state index >= 15 is 0 Å². The largest absolute Gasteiger partial charge is 0.355 e. The van der Waals surface area contributed by atoms with Crippen LogP contribution in [0.2, 0.25) is 0 Å². The molecule has 0 aliphatic carbocycles. The molecule has 0 bridgehead atoms. The van der Waals surface area contributed by atoms with E-state index < -0.39 is 0 Å². The van der Waals surface area contributed by atoms with E-state index in [0.29, 0.717) is 11.1 Å². The Labute approximate surface area is 150 Å². The molecule has 0 spiro atoms. The second-order valence-electron chi connectivity index (χ2n) is 5.83. The van der Waals surface area contributed by atoms with Crippen LogP contribution in [0.3, 0.4) is 0 Å². The molecular weight excluding hydrogens is 328 g/mol. The lowest BCUT2D eigenvalue weighted by atomic mass is 10.0. The van der Waals surface area contributed by atoms with Crippen molar-refractivity contribution in [3.05, 3.63) is 71.3 Å². The predicted molar refractivity (Wildman–Crippen MR) is 103 cm³/mol. The van der Waals surface area contributed by atoms with Gasteiger partial charge in [-0.15, -0.1) is 0 Å². The van der Waals surface area contributed by atoms with E-state index in [1.54, 1.807) is 0 Å². The number of nitrogens with one attached hydrogen (secondary N) is 1. The molecule has 26 heavy (non-hydrogen) atoms. The van der Waals surface area contributed by atoms with Crippen molar-refractivity contribution in [3.63, 3.8) is 0 Å². The van der Waals surface area contributed by atoms with Gasteiger partial charge < -0.3 is 9.82 Å². The van der Waals surface area contributed by atoms with Crippen LogP contribution in [0.5, 0.6) is 0 Å². The van der Waals surface area contributed by atoms with Crippen LogP contribution in [0.15, 0.2) is 65.4 Å². The van der Waals surface area contributed by atoms with Gasteiger partial charge in [-0.25, -0.2) is 0 Å². The lowest BCUT2D eigenvalue weighted by molar-refractivity contribution is -0.128. The van der Waals surface area contributed by atoms with E-state index in [9.17, 15) is 9.59 Å². The van der Waals surface area contributed by atoms with Crippen molar-refractivity contribution in [1.82, 2.24) is 4.98 Å². The van der Waals surface area contributed by atoms with Crippen LogP contribution in [0.1, 0.15) is 29.8 Å². The molecule has 5 heteroatoms. The number of carbonyl (C=O) groups excluding carboxylic acids is 2. The molecule has 3 aromatic rings. The van der Waals surface area contributed by atoms with Crippen LogP contribution >= 0.6 is 0 Å². The summed E-state index contributed by atoms with van der Waals surface area (Å²) in [6, 6.07) is 11.4. The minimum absolute atomic E-state index is 0.00329. The fraction of sp³-hybridized carbons (Fsp3) is 0.0952. The van der Waals surface area contributed by atoms with Gasteiger partial charge in [-0.1, -0.05) is 29.5 Å². The summed E-state index contributed by atoms with van der Waals surface area (Å²) >= 11 is 0. The number of fused-ring (bicyclic) bond motifs is 3. The molecule has 0 fully saturated rings. The van der Waals surface area contributed by atoms with Gasteiger partial charge in [-0.05, 0) is 55.3 Å². The third kappa shape index (κ3) is 3.47. The summed E-state index contributed by atoms with van der Waals surface area (Å²) < 4.78 is 0. The number of oxime groups is 1. The molecule has 0 amide bonds. The zero-order valence-corrected chi connectivity index (χ0v) is 14.5. The number of hydrogen-bond acceptors (Lipinski definition) is 4. The van der Waals surface area contributed by atoms with Crippen LogP contribution in [0.4, 0.5) is 0 Å². The quantitative estimate of drug-likeness (QED) is 0.136. The molecule has 1 heterocycles. The Hall–Kier alpha value is -3.47. The maximum atomic E-state index is 12.6. The Morgan fingerprint density at radius 3 is 2.58 bits per heavy atom. The molecule has 0 unspecified atom stereocenters. The summed E-state index contributed by atoms with van der Waals surface area (Å²) in [5.41, 5.74) is 4.02. The molecule has 5 nitrogen and oxygen atoms in total. The molecule has 0 saturated carbocycles. The number of ketones is 1. The number of rotatable bonds is 6. The van der Waals surface area contributed by atoms with Crippen LogP contribution in [0.25, 0.3) is 21.8 Å². The minimum atomic E-state index is -0.00329. The fourth-order valence-corrected chi connectivity index (χ4v) is 2.80. The van der Waals surface area contributed by atoms with Gasteiger partial charge in [0, 0.05) is 27.4 Å². The SMILES string of the molecule is C/C=C\C=C(/C)C(=O)c1ccc2[nH]c3ccc(/C=N\OC=O)cc3c2c1. The van der Waals surface area contributed by atoms with Crippen LogP contribution in [-0.4, -0.2) is 23.5 Å². The highest BCUT2D eigenvalue weighted by atomic mass is 16.7. The third-order valence-corrected chi connectivity index (χ3v) is 4.09. The Balaban J connectivity index is 2.07. The fourth-order valence-electron chi connectivity index (χ4n) is 2.80. The second-order valence-corrected chi connectivity index (χ2v) is 5.83. The molecule has 0 radical (unpaired) electrons. The Kier molecular flexibility index (Phi) is 5.08. The summed E-state index contributed by atoms with van der Waals surface area (Å²) in [5.74, 6) is -0.00329. The lowest BCUT2D eigenvalue weighted by Crippen LogP contribution is -2.00. The summed E-state index contributed by atoms with van der Waals surface area (Å²) in [4.78, 5) is 30.5. The van der Waals surface area contributed by atoms with Crippen molar-refractivity contribution in [2.24, 2.45) is 5.16 Å². The normalized spacial score (nSPS) is 12.5.